The van der Waals surface area contributed by atoms with Crippen molar-refractivity contribution in [1.29, 1.82) is 0 Å². The number of halogens is 1. The molecule has 0 aliphatic carbocycles. The lowest BCUT2D eigenvalue weighted by Gasteiger charge is -2.33. The molecule has 2 unspecified atom stereocenters. The van der Waals surface area contributed by atoms with Crippen LogP contribution in [0.1, 0.15) is 12.8 Å². The molecule has 25 heavy (non-hydrogen) atoms. The molecule has 0 spiro atoms. The van der Waals surface area contributed by atoms with Crippen molar-refractivity contribution in [3.8, 4) is 0 Å². The van der Waals surface area contributed by atoms with E-state index in [1.54, 1.807) is 17.0 Å². The molecule has 0 radical (unpaired) electrons. The number of amides is 2. The molecule has 7 nitrogen and oxygen atoms in total. The quantitative estimate of drug-likeness (QED) is 0.822. The second-order valence-corrected chi connectivity index (χ2v) is 7.55. The van der Waals surface area contributed by atoms with Crippen LogP contribution < -0.4 is 5.32 Å². The summed E-state index contributed by atoms with van der Waals surface area (Å²) in [4.78, 5) is 38.0. The average Bonchev–Trinajstić information content (AvgIpc) is 2.55. The van der Waals surface area contributed by atoms with Gasteiger partial charge in [0, 0.05) is 29.4 Å². The number of hydrogen-bond donors (Lipinski definition) is 2. The van der Waals surface area contributed by atoms with Crippen molar-refractivity contribution in [3.05, 3.63) is 23.2 Å². The summed E-state index contributed by atoms with van der Waals surface area (Å²) in [5.74, 6) is -1.37. The molecule has 1 fully saturated rings. The maximum atomic E-state index is 12.5. The minimum Gasteiger partial charge on any atom is -0.481 e. The fraction of sp³-hybridized carbons (Fsp3) is 0.438. The van der Waals surface area contributed by atoms with Crippen LogP contribution in [0, 0.1) is 0 Å². The molecule has 2 amide bonds. The normalized spacial score (nSPS) is 22.9. The first kappa shape index (κ1) is 18.0. The molecule has 0 saturated carbocycles. The van der Waals surface area contributed by atoms with E-state index < -0.39 is 17.3 Å². The molecular weight excluding hydrogens is 368 g/mol. The standard InChI is InChI=1S/C16H17ClN2O5S/c17-9-1-2-12-11(5-9)18-16(23)13(25-12)7-14(20)19-3-4-24-10(8-19)6-15(21)22/h1-2,5,10,13H,3-4,6-8H2,(H,18,23)(H,21,22). The van der Waals surface area contributed by atoms with Crippen LogP contribution in [0.4, 0.5) is 5.69 Å². The smallest absolute Gasteiger partial charge is 0.306 e. The Hall–Kier alpha value is -1.77. The molecule has 2 aliphatic rings. The maximum Gasteiger partial charge on any atom is 0.306 e. The zero-order valence-electron chi connectivity index (χ0n) is 13.2. The molecule has 2 heterocycles. The third-order valence-corrected chi connectivity index (χ3v) is 5.53. The molecule has 2 N–H and O–H groups in total. The van der Waals surface area contributed by atoms with Crippen LogP contribution >= 0.6 is 23.4 Å². The minimum atomic E-state index is -0.961. The van der Waals surface area contributed by atoms with Crippen LogP contribution in [0.25, 0.3) is 0 Å². The summed E-state index contributed by atoms with van der Waals surface area (Å²) in [6.45, 7) is 0.936. The molecule has 2 aliphatic heterocycles. The van der Waals surface area contributed by atoms with Gasteiger partial charge < -0.3 is 20.1 Å². The van der Waals surface area contributed by atoms with Crippen LogP contribution in [0.2, 0.25) is 5.02 Å². The fourth-order valence-electron chi connectivity index (χ4n) is 2.81. The number of hydrogen-bond acceptors (Lipinski definition) is 5. The predicted octanol–water partition coefficient (Wildman–Crippen LogP) is 1.84. The monoisotopic (exact) mass is 384 g/mol. The summed E-state index contributed by atoms with van der Waals surface area (Å²) in [5, 5.41) is 11.6. The van der Waals surface area contributed by atoms with Gasteiger partial charge in [-0.15, -0.1) is 11.8 Å². The number of benzene rings is 1. The number of thioether (sulfide) groups is 1. The molecule has 0 bridgehead atoms. The highest BCUT2D eigenvalue weighted by Crippen LogP contribution is 2.38. The number of anilines is 1. The van der Waals surface area contributed by atoms with Gasteiger partial charge in [0.25, 0.3) is 0 Å². The topological polar surface area (TPSA) is 95.9 Å². The highest BCUT2D eigenvalue weighted by Gasteiger charge is 2.32. The van der Waals surface area contributed by atoms with E-state index in [4.69, 9.17) is 21.4 Å². The zero-order valence-corrected chi connectivity index (χ0v) is 14.8. The summed E-state index contributed by atoms with van der Waals surface area (Å²) in [6.07, 6.45) is -0.597. The third kappa shape index (κ3) is 4.45. The van der Waals surface area contributed by atoms with Gasteiger partial charge in [-0.1, -0.05) is 11.6 Å². The van der Waals surface area contributed by atoms with E-state index >= 15 is 0 Å². The van der Waals surface area contributed by atoms with Gasteiger partial charge in [-0.3, -0.25) is 14.4 Å². The molecule has 3 rings (SSSR count). The lowest BCUT2D eigenvalue weighted by molar-refractivity contribution is -0.147. The van der Waals surface area contributed by atoms with E-state index in [-0.39, 0.29) is 31.2 Å². The number of fused-ring (bicyclic) bond motifs is 1. The SMILES string of the molecule is O=C(O)CC1CN(C(=O)CC2Sc3ccc(Cl)cc3NC2=O)CCO1. The Morgan fingerprint density at radius 3 is 2.96 bits per heavy atom. The molecule has 9 heteroatoms. The number of carbonyl (C=O) groups excluding carboxylic acids is 2. The van der Waals surface area contributed by atoms with E-state index in [1.807, 2.05) is 6.07 Å². The van der Waals surface area contributed by atoms with Crippen molar-refractivity contribution in [1.82, 2.24) is 4.90 Å². The molecule has 1 saturated heterocycles. The number of aliphatic carboxylic acids is 1. The van der Waals surface area contributed by atoms with Crippen molar-refractivity contribution >= 4 is 46.8 Å². The lowest BCUT2D eigenvalue weighted by atomic mass is 10.1. The Labute approximate surface area is 153 Å². The molecule has 1 aromatic carbocycles. The van der Waals surface area contributed by atoms with E-state index in [0.717, 1.165) is 4.90 Å². The van der Waals surface area contributed by atoms with Gasteiger partial charge in [0.1, 0.15) is 0 Å². The number of ether oxygens (including phenoxy) is 1. The Bertz CT molecular complexity index is 714. The average molecular weight is 385 g/mol. The highest BCUT2D eigenvalue weighted by atomic mass is 35.5. The first-order valence-corrected chi connectivity index (χ1v) is 9.06. The van der Waals surface area contributed by atoms with Gasteiger partial charge in [0.15, 0.2) is 0 Å². The van der Waals surface area contributed by atoms with Crippen LogP contribution in [-0.2, 0) is 19.1 Å². The Kier molecular flexibility index (Phi) is 5.51. The molecule has 1 aromatic rings. The molecular formula is C16H17ClN2O5S. The molecule has 0 aromatic heterocycles. The Morgan fingerprint density at radius 1 is 1.40 bits per heavy atom. The van der Waals surface area contributed by atoms with Crippen molar-refractivity contribution in [2.24, 2.45) is 0 Å². The van der Waals surface area contributed by atoms with Gasteiger partial charge >= 0.3 is 5.97 Å². The second-order valence-electron chi connectivity index (χ2n) is 5.87. The van der Waals surface area contributed by atoms with E-state index in [1.165, 1.54) is 11.8 Å². The number of nitrogens with one attached hydrogen (secondary N) is 1. The van der Waals surface area contributed by atoms with Crippen molar-refractivity contribution in [2.75, 3.05) is 25.0 Å². The minimum absolute atomic E-state index is 0.0539. The van der Waals surface area contributed by atoms with Crippen molar-refractivity contribution in [2.45, 2.75) is 29.1 Å². The van der Waals surface area contributed by atoms with Crippen LogP contribution in [-0.4, -0.2) is 58.8 Å². The van der Waals surface area contributed by atoms with Crippen LogP contribution in [0.15, 0.2) is 23.1 Å². The largest absolute Gasteiger partial charge is 0.481 e. The fourth-order valence-corrected chi connectivity index (χ4v) is 4.06. The van der Waals surface area contributed by atoms with Gasteiger partial charge in [0.05, 0.1) is 30.1 Å². The summed E-state index contributed by atoms with van der Waals surface area (Å²) >= 11 is 7.26. The van der Waals surface area contributed by atoms with Gasteiger partial charge in [0.2, 0.25) is 11.8 Å². The van der Waals surface area contributed by atoms with Crippen LogP contribution in [0.3, 0.4) is 0 Å². The van der Waals surface area contributed by atoms with Crippen molar-refractivity contribution in [3.63, 3.8) is 0 Å². The van der Waals surface area contributed by atoms with Crippen LogP contribution in [0.5, 0.6) is 0 Å². The number of morpholine rings is 1. The predicted molar refractivity (Wildman–Crippen MR) is 92.9 cm³/mol. The van der Waals surface area contributed by atoms with E-state index in [0.29, 0.717) is 23.9 Å². The lowest BCUT2D eigenvalue weighted by Crippen LogP contribution is -2.47. The zero-order chi connectivity index (χ0) is 18.0. The number of carboxylic acid groups (broad SMARTS) is 1. The molecule has 2 atom stereocenters. The second kappa shape index (κ2) is 7.63. The summed E-state index contributed by atoms with van der Waals surface area (Å²) in [5.41, 5.74) is 0.652. The van der Waals surface area contributed by atoms with Crippen molar-refractivity contribution < 1.29 is 24.2 Å². The Balaban J connectivity index is 1.62. The first-order chi connectivity index (χ1) is 11.9. The van der Waals surface area contributed by atoms with Gasteiger partial charge in [-0.25, -0.2) is 0 Å². The first-order valence-electron chi connectivity index (χ1n) is 7.80. The third-order valence-electron chi connectivity index (χ3n) is 4.01. The van der Waals surface area contributed by atoms with E-state index in [9.17, 15) is 14.4 Å². The van der Waals surface area contributed by atoms with E-state index in [2.05, 4.69) is 5.32 Å². The summed E-state index contributed by atoms with van der Waals surface area (Å²) < 4.78 is 5.37. The Morgan fingerprint density at radius 2 is 2.20 bits per heavy atom. The van der Waals surface area contributed by atoms with Gasteiger partial charge in [-0.05, 0) is 18.2 Å². The summed E-state index contributed by atoms with van der Waals surface area (Å²) in [7, 11) is 0. The number of rotatable bonds is 4. The highest BCUT2D eigenvalue weighted by molar-refractivity contribution is 8.01. The maximum absolute atomic E-state index is 12.5. The number of carboxylic acids is 1. The summed E-state index contributed by atoms with van der Waals surface area (Å²) in [6, 6.07) is 5.23. The molecule has 134 valence electrons. The van der Waals surface area contributed by atoms with Gasteiger partial charge in [-0.2, -0.15) is 0 Å². The number of nitrogens with zero attached hydrogens (tertiary/aromatic N) is 1. The number of carbonyl (C=O) groups is 3.